The molecular formula is C31H46N3O6. The normalized spacial score (nSPS) is 43.4. The number of carbonyl (C=O) groups is 3. The summed E-state index contributed by atoms with van der Waals surface area (Å²) in [6.07, 6.45) is 10.9. The van der Waals surface area contributed by atoms with Crippen molar-refractivity contribution in [1.82, 2.24) is 15.1 Å². The predicted molar refractivity (Wildman–Crippen MR) is 148 cm³/mol. The summed E-state index contributed by atoms with van der Waals surface area (Å²) in [5, 5.41) is 15.2. The SMILES string of the molecule is CN1CCN(CCNC(=O)O[C@H]2CC[C@@]3(C)[C@H](CC[C@@H]4[C@@H]3CC[C@]3(C)[C@@H](C5=CC(=O)OC5)[CH]C[C@]43O)C2)C(=O)C1. The number of esters is 1. The molecule has 2 aliphatic heterocycles. The molecule has 2 N–H and O–H groups in total. The van der Waals surface area contributed by atoms with Gasteiger partial charge in [-0.1, -0.05) is 13.8 Å². The third kappa shape index (κ3) is 4.55. The quantitative estimate of drug-likeness (QED) is 0.502. The highest BCUT2D eigenvalue weighted by molar-refractivity contribution is 5.85. The Labute approximate surface area is 238 Å². The van der Waals surface area contributed by atoms with Crippen LogP contribution in [0.4, 0.5) is 4.79 Å². The molecule has 2 amide bonds. The lowest BCUT2D eigenvalue weighted by Gasteiger charge is -2.63. The van der Waals surface area contributed by atoms with Crippen LogP contribution in [0.3, 0.4) is 0 Å². The highest BCUT2D eigenvalue weighted by Crippen LogP contribution is 2.69. The number of alkyl carbamates (subject to hydrolysis) is 1. The second kappa shape index (κ2) is 10.3. The van der Waals surface area contributed by atoms with Gasteiger partial charge in [0.15, 0.2) is 0 Å². The summed E-state index contributed by atoms with van der Waals surface area (Å²) in [5.74, 6) is 1.09. The summed E-state index contributed by atoms with van der Waals surface area (Å²) in [6.45, 7) is 7.89. The summed E-state index contributed by atoms with van der Waals surface area (Å²) >= 11 is 0. The summed E-state index contributed by atoms with van der Waals surface area (Å²) in [4.78, 5) is 40.3. The van der Waals surface area contributed by atoms with Crippen molar-refractivity contribution in [3.05, 3.63) is 18.1 Å². The maximum absolute atomic E-state index is 12.6. The number of rotatable bonds is 5. The van der Waals surface area contributed by atoms with Crippen LogP contribution in [0.5, 0.6) is 0 Å². The minimum atomic E-state index is -0.764. The lowest BCUT2D eigenvalue weighted by Crippen LogP contribution is -2.62. The second-order valence-corrected chi connectivity index (χ2v) is 14.0. The summed E-state index contributed by atoms with van der Waals surface area (Å²) in [7, 11) is 1.94. The average molecular weight is 557 g/mol. The first-order chi connectivity index (χ1) is 19.0. The van der Waals surface area contributed by atoms with Gasteiger partial charge in [-0.05, 0) is 99.5 Å². The van der Waals surface area contributed by atoms with E-state index in [4.69, 9.17) is 9.47 Å². The third-order valence-electron chi connectivity index (χ3n) is 12.1. The van der Waals surface area contributed by atoms with Gasteiger partial charge in [0, 0.05) is 37.7 Å². The number of ether oxygens (including phenoxy) is 2. The van der Waals surface area contributed by atoms with Crippen molar-refractivity contribution < 1.29 is 29.0 Å². The van der Waals surface area contributed by atoms with Crippen molar-refractivity contribution in [3.8, 4) is 0 Å². The maximum atomic E-state index is 12.6. The van der Waals surface area contributed by atoms with Gasteiger partial charge in [-0.2, -0.15) is 0 Å². The molecule has 2 heterocycles. The lowest BCUT2D eigenvalue weighted by molar-refractivity contribution is -0.208. The molecule has 6 rings (SSSR count). The Balaban J connectivity index is 1.04. The Morgan fingerprint density at radius 3 is 2.73 bits per heavy atom. The molecule has 0 aromatic rings. The molecule has 4 aliphatic carbocycles. The fourth-order valence-corrected chi connectivity index (χ4v) is 9.71. The van der Waals surface area contributed by atoms with E-state index in [0.717, 1.165) is 57.1 Å². The Morgan fingerprint density at radius 2 is 1.98 bits per heavy atom. The number of likely N-dealkylation sites (N-methyl/N-ethyl adjacent to an activating group) is 1. The maximum Gasteiger partial charge on any atom is 0.407 e. The molecule has 1 saturated heterocycles. The molecule has 5 fully saturated rings. The van der Waals surface area contributed by atoms with Crippen molar-refractivity contribution in [2.45, 2.75) is 76.9 Å². The first-order valence-electron chi connectivity index (χ1n) is 15.4. The largest absolute Gasteiger partial charge is 0.458 e. The Morgan fingerprint density at radius 1 is 1.15 bits per heavy atom. The van der Waals surface area contributed by atoms with Gasteiger partial charge in [0.1, 0.15) is 12.7 Å². The summed E-state index contributed by atoms with van der Waals surface area (Å²) < 4.78 is 11.1. The molecule has 1 radical (unpaired) electrons. The van der Waals surface area contributed by atoms with Crippen LogP contribution in [-0.2, 0) is 19.1 Å². The minimum Gasteiger partial charge on any atom is -0.458 e. The molecule has 40 heavy (non-hydrogen) atoms. The molecule has 0 bridgehead atoms. The van der Waals surface area contributed by atoms with Crippen LogP contribution in [-0.4, -0.2) is 91.0 Å². The minimum absolute atomic E-state index is 0.0899. The first-order valence-corrected chi connectivity index (χ1v) is 15.4. The fraction of sp³-hybridized carbons (Fsp3) is 0.806. The van der Waals surface area contributed by atoms with Gasteiger partial charge in [-0.3, -0.25) is 9.69 Å². The van der Waals surface area contributed by atoms with Crippen molar-refractivity contribution in [2.24, 2.45) is 34.5 Å². The first kappa shape index (κ1) is 28.0. The molecule has 9 heteroatoms. The van der Waals surface area contributed by atoms with E-state index in [1.54, 1.807) is 11.0 Å². The fourth-order valence-electron chi connectivity index (χ4n) is 9.71. The van der Waals surface area contributed by atoms with Gasteiger partial charge in [-0.15, -0.1) is 0 Å². The highest BCUT2D eigenvalue weighted by atomic mass is 16.6. The van der Waals surface area contributed by atoms with Crippen LogP contribution < -0.4 is 5.32 Å². The molecule has 6 aliphatic rings. The number of nitrogens with zero attached hydrogens (tertiary/aromatic N) is 2. The molecule has 4 saturated carbocycles. The van der Waals surface area contributed by atoms with Crippen LogP contribution in [0.15, 0.2) is 11.6 Å². The summed E-state index contributed by atoms with van der Waals surface area (Å²) in [6, 6.07) is 0. The molecule has 8 atom stereocenters. The van der Waals surface area contributed by atoms with Crippen molar-refractivity contribution in [3.63, 3.8) is 0 Å². The van der Waals surface area contributed by atoms with E-state index < -0.39 is 5.60 Å². The highest BCUT2D eigenvalue weighted by Gasteiger charge is 2.67. The van der Waals surface area contributed by atoms with Gasteiger partial charge in [0.2, 0.25) is 5.91 Å². The topological polar surface area (TPSA) is 108 Å². The van der Waals surface area contributed by atoms with Crippen LogP contribution in [0.25, 0.3) is 0 Å². The van der Waals surface area contributed by atoms with E-state index in [1.165, 1.54) is 0 Å². The Bertz CT molecular complexity index is 1080. The van der Waals surface area contributed by atoms with Crippen LogP contribution >= 0.6 is 0 Å². The third-order valence-corrected chi connectivity index (χ3v) is 12.1. The number of piperazine rings is 1. The molecule has 0 spiro atoms. The predicted octanol–water partition coefficient (Wildman–Crippen LogP) is 2.93. The van der Waals surface area contributed by atoms with Crippen molar-refractivity contribution >= 4 is 18.0 Å². The standard InChI is InChI=1S/C31H46N3O6/c1-29-9-6-22(40-28(37)32-12-13-34-15-14-33(3)18-26(34)35)17-21(29)4-5-25-24(29)7-10-30(2)23(8-11-31(25,30)38)20-16-27(36)39-19-20/h8,16,21-25,38H,4-7,9-15,17-19H2,1-3H3,(H,32,37)/t21-,22+,23-,24+,25-,29+,30-,31+/m1/s1. The number of hydrogen-bond acceptors (Lipinski definition) is 7. The molecule has 221 valence electrons. The molecule has 0 aromatic heterocycles. The van der Waals surface area contributed by atoms with Gasteiger partial charge in [0.25, 0.3) is 0 Å². The lowest BCUT2D eigenvalue weighted by atomic mass is 9.43. The van der Waals surface area contributed by atoms with Crippen LogP contribution in [0, 0.1) is 40.9 Å². The Kier molecular flexibility index (Phi) is 7.21. The number of amides is 2. The summed E-state index contributed by atoms with van der Waals surface area (Å²) in [5.41, 5.74) is 0.110. The number of cyclic esters (lactones) is 1. The van der Waals surface area contributed by atoms with Crippen molar-refractivity contribution in [2.75, 3.05) is 46.4 Å². The van der Waals surface area contributed by atoms with E-state index in [9.17, 15) is 19.5 Å². The van der Waals surface area contributed by atoms with E-state index in [1.807, 2.05) is 11.9 Å². The van der Waals surface area contributed by atoms with Gasteiger partial charge >= 0.3 is 12.1 Å². The molecule has 0 aromatic carbocycles. The van der Waals surface area contributed by atoms with Gasteiger partial charge < -0.3 is 24.8 Å². The van der Waals surface area contributed by atoms with E-state index >= 15 is 0 Å². The molecule has 9 nitrogen and oxygen atoms in total. The zero-order chi connectivity index (χ0) is 28.3. The zero-order valence-electron chi connectivity index (χ0n) is 24.3. The number of hydrogen-bond donors (Lipinski definition) is 2. The van der Waals surface area contributed by atoms with E-state index in [0.29, 0.717) is 51.0 Å². The van der Waals surface area contributed by atoms with E-state index in [-0.39, 0.29) is 46.7 Å². The second-order valence-electron chi connectivity index (χ2n) is 14.0. The smallest absolute Gasteiger partial charge is 0.407 e. The average Bonchev–Trinajstić information content (AvgIpc) is 3.45. The van der Waals surface area contributed by atoms with Crippen LogP contribution in [0.2, 0.25) is 0 Å². The van der Waals surface area contributed by atoms with Crippen molar-refractivity contribution in [1.29, 1.82) is 0 Å². The van der Waals surface area contributed by atoms with Crippen LogP contribution in [0.1, 0.15) is 65.2 Å². The number of aliphatic hydroxyl groups is 1. The van der Waals surface area contributed by atoms with Gasteiger partial charge in [0.05, 0.1) is 12.1 Å². The zero-order valence-corrected chi connectivity index (χ0v) is 24.3. The number of nitrogens with one attached hydrogen (secondary N) is 1. The number of carbonyl (C=O) groups excluding carboxylic acids is 3. The Hall–Kier alpha value is -2.13. The monoisotopic (exact) mass is 556 g/mol. The molecular weight excluding hydrogens is 510 g/mol. The van der Waals surface area contributed by atoms with Gasteiger partial charge in [-0.25, -0.2) is 9.59 Å². The van der Waals surface area contributed by atoms with E-state index in [2.05, 4.69) is 25.6 Å². The molecule has 0 unspecified atom stereocenters. The number of fused-ring (bicyclic) bond motifs is 5.